The van der Waals surface area contributed by atoms with E-state index in [1.165, 1.54) is 11.3 Å². The summed E-state index contributed by atoms with van der Waals surface area (Å²) in [5.74, 6) is -1.35. The van der Waals surface area contributed by atoms with Gasteiger partial charge in [-0.2, -0.15) is 0 Å². The second-order valence-corrected chi connectivity index (χ2v) is 7.60. The topological polar surface area (TPSA) is 68.3 Å². The SMILES string of the molecule is O=S(=O)(NCc1ccc(Oc2nccs2)cc1)c1cc(F)cc(F)c1. The molecule has 0 saturated heterocycles. The number of ether oxygens (including phenoxy) is 1. The third-order valence-corrected chi connectivity index (χ3v) is 5.18. The molecule has 0 spiro atoms. The molecule has 0 saturated carbocycles. The Morgan fingerprint density at radius 3 is 2.36 bits per heavy atom. The molecular weight excluding hydrogens is 370 g/mol. The van der Waals surface area contributed by atoms with E-state index in [9.17, 15) is 17.2 Å². The van der Waals surface area contributed by atoms with Crippen molar-refractivity contribution in [2.45, 2.75) is 11.4 Å². The zero-order valence-electron chi connectivity index (χ0n) is 12.6. The molecule has 1 heterocycles. The summed E-state index contributed by atoms with van der Waals surface area (Å²) in [7, 11) is -4.02. The maximum atomic E-state index is 13.2. The number of nitrogens with one attached hydrogen (secondary N) is 1. The average molecular weight is 382 g/mol. The molecule has 1 aromatic heterocycles. The molecule has 0 fully saturated rings. The first-order valence-electron chi connectivity index (χ1n) is 7.04. The van der Waals surface area contributed by atoms with E-state index in [-0.39, 0.29) is 6.54 Å². The summed E-state index contributed by atoms with van der Waals surface area (Å²) in [6, 6.07) is 8.84. The van der Waals surface area contributed by atoms with Crippen molar-refractivity contribution in [1.82, 2.24) is 9.71 Å². The summed E-state index contributed by atoms with van der Waals surface area (Å²) in [4.78, 5) is 3.53. The predicted molar refractivity (Wildman–Crippen MR) is 89.0 cm³/mol. The second kappa shape index (κ2) is 7.26. The Morgan fingerprint density at radius 2 is 1.76 bits per heavy atom. The van der Waals surface area contributed by atoms with Crippen molar-refractivity contribution >= 4 is 21.4 Å². The highest BCUT2D eigenvalue weighted by molar-refractivity contribution is 7.89. The first-order chi connectivity index (χ1) is 11.9. The van der Waals surface area contributed by atoms with Gasteiger partial charge in [0.05, 0.1) is 4.90 Å². The standard InChI is InChI=1S/C16H12F2N2O3S2/c17-12-7-13(18)9-15(8-12)25(21,22)20-10-11-1-3-14(4-2-11)23-16-19-5-6-24-16/h1-9,20H,10H2. The number of benzene rings is 2. The number of thiazole rings is 1. The first-order valence-corrected chi connectivity index (χ1v) is 9.41. The fraction of sp³-hybridized carbons (Fsp3) is 0.0625. The molecule has 0 radical (unpaired) electrons. The van der Waals surface area contributed by atoms with Crippen LogP contribution in [0.5, 0.6) is 10.9 Å². The molecule has 5 nitrogen and oxygen atoms in total. The van der Waals surface area contributed by atoms with Crippen LogP contribution in [-0.4, -0.2) is 13.4 Å². The van der Waals surface area contributed by atoms with Gasteiger partial charge in [-0.15, -0.1) is 0 Å². The Morgan fingerprint density at radius 1 is 1.08 bits per heavy atom. The van der Waals surface area contributed by atoms with Crippen LogP contribution < -0.4 is 9.46 Å². The monoisotopic (exact) mass is 382 g/mol. The maximum absolute atomic E-state index is 13.2. The number of aromatic nitrogens is 1. The quantitative estimate of drug-likeness (QED) is 0.706. The normalized spacial score (nSPS) is 11.4. The van der Waals surface area contributed by atoms with Crippen LogP contribution in [0.3, 0.4) is 0 Å². The molecule has 9 heteroatoms. The lowest BCUT2D eigenvalue weighted by atomic mass is 10.2. The highest BCUT2D eigenvalue weighted by Crippen LogP contribution is 2.23. The molecule has 3 aromatic rings. The molecule has 130 valence electrons. The first kappa shape index (κ1) is 17.5. The van der Waals surface area contributed by atoms with Crippen LogP contribution in [0.2, 0.25) is 0 Å². The van der Waals surface area contributed by atoms with Crippen LogP contribution in [0.15, 0.2) is 58.9 Å². The zero-order valence-corrected chi connectivity index (χ0v) is 14.3. The van der Waals surface area contributed by atoms with Gasteiger partial charge in [-0.3, -0.25) is 0 Å². The molecule has 0 atom stereocenters. The van der Waals surface area contributed by atoms with E-state index in [1.807, 2.05) is 0 Å². The van der Waals surface area contributed by atoms with Gasteiger partial charge in [0.15, 0.2) is 0 Å². The van der Waals surface area contributed by atoms with Crippen LogP contribution in [0.4, 0.5) is 8.78 Å². The molecule has 3 rings (SSSR count). The second-order valence-electron chi connectivity index (χ2n) is 4.97. The van der Waals surface area contributed by atoms with Crippen molar-refractivity contribution in [3.05, 3.63) is 71.2 Å². The van der Waals surface area contributed by atoms with Crippen molar-refractivity contribution < 1.29 is 21.9 Å². The van der Waals surface area contributed by atoms with Crippen molar-refractivity contribution in [3.8, 4) is 10.9 Å². The molecule has 1 N–H and O–H groups in total. The number of hydrogen-bond donors (Lipinski definition) is 1. The summed E-state index contributed by atoms with van der Waals surface area (Å²) < 4.78 is 58.4. The third-order valence-electron chi connectivity index (χ3n) is 3.15. The lowest BCUT2D eigenvalue weighted by Crippen LogP contribution is -2.23. The Hall–Kier alpha value is -2.36. The number of halogens is 2. The van der Waals surface area contributed by atoms with E-state index in [0.717, 1.165) is 12.1 Å². The molecule has 0 aliphatic rings. The van der Waals surface area contributed by atoms with E-state index in [1.54, 1.807) is 35.8 Å². The van der Waals surface area contributed by atoms with Crippen molar-refractivity contribution in [2.24, 2.45) is 0 Å². The van der Waals surface area contributed by atoms with E-state index in [0.29, 0.717) is 22.6 Å². The van der Waals surface area contributed by atoms with Crippen molar-refractivity contribution in [3.63, 3.8) is 0 Å². The molecule has 25 heavy (non-hydrogen) atoms. The van der Waals surface area contributed by atoms with Crippen molar-refractivity contribution in [1.29, 1.82) is 0 Å². The highest BCUT2D eigenvalue weighted by Gasteiger charge is 2.16. The maximum Gasteiger partial charge on any atom is 0.278 e. The smallest absolute Gasteiger partial charge is 0.278 e. The van der Waals surface area contributed by atoms with Gasteiger partial charge < -0.3 is 4.74 Å². The lowest BCUT2D eigenvalue weighted by molar-refractivity contribution is 0.478. The average Bonchev–Trinajstić information content (AvgIpc) is 3.06. The van der Waals surface area contributed by atoms with E-state index in [4.69, 9.17) is 4.74 Å². The Balaban J connectivity index is 1.66. The minimum Gasteiger partial charge on any atom is -0.431 e. The minimum atomic E-state index is -4.02. The fourth-order valence-corrected chi connectivity index (χ4v) is 3.55. The zero-order chi connectivity index (χ0) is 17.9. The third kappa shape index (κ3) is 4.59. The molecular formula is C16H12F2N2O3S2. The lowest BCUT2D eigenvalue weighted by Gasteiger charge is -2.08. The fourth-order valence-electron chi connectivity index (χ4n) is 1.98. The van der Waals surface area contributed by atoms with Gasteiger partial charge in [-0.25, -0.2) is 26.9 Å². The van der Waals surface area contributed by atoms with Gasteiger partial charge in [0, 0.05) is 24.2 Å². The van der Waals surface area contributed by atoms with Gasteiger partial charge in [-0.05, 0) is 29.8 Å². The van der Waals surface area contributed by atoms with Gasteiger partial charge in [0.2, 0.25) is 10.0 Å². The summed E-state index contributed by atoms with van der Waals surface area (Å²) >= 11 is 1.35. The summed E-state index contributed by atoms with van der Waals surface area (Å²) in [5.41, 5.74) is 0.659. The van der Waals surface area contributed by atoms with E-state index >= 15 is 0 Å². The van der Waals surface area contributed by atoms with Crippen LogP contribution in [0, 0.1) is 11.6 Å². The van der Waals surface area contributed by atoms with Gasteiger partial charge in [0.1, 0.15) is 17.4 Å². The van der Waals surface area contributed by atoms with Crippen molar-refractivity contribution in [2.75, 3.05) is 0 Å². The summed E-state index contributed by atoms with van der Waals surface area (Å²) in [5, 5.41) is 2.29. The van der Waals surface area contributed by atoms with E-state index in [2.05, 4.69) is 9.71 Å². The largest absolute Gasteiger partial charge is 0.431 e. The number of hydrogen-bond acceptors (Lipinski definition) is 5. The predicted octanol–water partition coefficient (Wildman–Crippen LogP) is 3.69. The van der Waals surface area contributed by atoms with Crippen LogP contribution in [0.25, 0.3) is 0 Å². The van der Waals surface area contributed by atoms with Crippen LogP contribution in [0.1, 0.15) is 5.56 Å². The molecule has 2 aromatic carbocycles. The Kier molecular flexibility index (Phi) is 5.07. The van der Waals surface area contributed by atoms with E-state index < -0.39 is 26.6 Å². The molecule has 0 unspecified atom stereocenters. The number of rotatable bonds is 6. The Bertz CT molecular complexity index is 939. The molecule has 0 aliphatic heterocycles. The van der Waals surface area contributed by atoms with Crippen LogP contribution >= 0.6 is 11.3 Å². The molecule has 0 aliphatic carbocycles. The molecule has 0 bridgehead atoms. The summed E-state index contributed by atoms with van der Waals surface area (Å²) in [6.07, 6.45) is 1.62. The van der Waals surface area contributed by atoms with Gasteiger partial charge in [-0.1, -0.05) is 23.5 Å². The van der Waals surface area contributed by atoms with Gasteiger partial charge >= 0.3 is 0 Å². The summed E-state index contributed by atoms with van der Waals surface area (Å²) in [6.45, 7) is -0.0298. The van der Waals surface area contributed by atoms with Gasteiger partial charge in [0.25, 0.3) is 5.19 Å². The van der Waals surface area contributed by atoms with Crippen LogP contribution in [-0.2, 0) is 16.6 Å². The highest BCUT2D eigenvalue weighted by atomic mass is 32.2. The number of sulfonamides is 1. The Labute approximate surface area is 147 Å². The number of nitrogens with zero attached hydrogens (tertiary/aromatic N) is 1. The molecule has 0 amide bonds. The minimum absolute atomic E-state index is 0.0298.